The number of ether oxygens (including phenoxy) is 6. The molecule has 10 nitrogen and oxygen atoms in total. The lowest BCUT2D eigenvalue weighted by atomic mass is 10.2. The summed E-state index contributed by atoms with van der Waals surface area (Å²) in [6.45, 7) is 5.84. The molecule has 2 aliphatic rings. The van der Waals surface area contributed by atoms with Crippen LogP contribution in [-0.2, 0) is 9.47 Å². The Balaban J connectivity index is 1.67. The van der Waals surface area contributed by atoms with Crippen molar-refractivity contribution in [1.29, 1.82) is 0 Å². The van der Waals surface area contributed by atoms with Crippen molar-refractivity contribution in [3.63, 3.8) is 0 Å². The summed E-state index contributed by atoms with van der Waals surface area (Å²) in [5, 5.41) is 8.95. The molecule has 2 aromatic rings. The number of morpholine rings is 2. The van der Waals surface area contributed by atoms with Gasteiger partial charge in [-0.15, -0.1) is 10.2 Å². The van der Waals surface area contributed by atoms with Crippen LogP contribution < -0.4 is 28.7 Å². The largest absolute Gasteiger partial charge is 0.494 e. The van der Waals surface area contributed by atoms with E-state index in [4.69, 9.17) is 28.4 Å². The van der Waals surface area contributed by atoms with Gasteiger partial charge in [-0.05, 0) is 0 Å². The van der Waals surface area contributed by atoms with Gasteiger partial charge >= 0.3 is 0 Å². The van der Waals surface area contributed by atoms with E-state index in [0.29, 0.717) is 60.8 Å². The van der Waals surface area contributed by atoms with E-state index in [1.807, 2.05) is 24.3 Å². The molecule has 2 aliphatic heterocycles. The Hall–Kier alpha value is -3.24. The van der Waals surface area contributed by atoms with Crippen molar-refractivity contribution in [1.82, 2.24) is 0 Å². The number of hydrogen-bond donors (Lipinski definition) is 0. The smallest absolute Gasteiger partial charge is 0.148 e. The van der Waals surface area contributed by atoms with Crippen LogP contribution in [0.4, 0.5) is 22.7 Å². The van der Waals surface area contributed by atoms with Crippen molar-refractivity contribution >= 4 is 22.7 Å². The third-order valence-corrected chi connectivity index (χ3v) is 5.93. The zero-order valence-electron chi connectivity index (χ0n) is 20.2. The van der Waals surface area contributed by atoms with E-state index in [1.54, 1.807) is 28.4 Å². The number of nitrogens with zero attached hydrogens (tertiary/aromatic N) is 4. The summed E-state index contributed by atoms with van der Waals surface area (Å²) in [6, 6.07) is 7.52. The van der Waals surface area contributed by atoms with Crippen LogP contribution in [-0.4, -0.2) is 81.0 Å². The van der Waals surface area contributed by atoms with Gasteiger partial charge in [0.1, 0.15) is 34.4 Å². The summed E-state index contributed by atoms with van der Waals surface area (Å²) in [6.07, 6.45) is 0. The predicted molar refractivity (Wildman–Crippen MR) is 129 cm³/mol. The third-order valence-electron chi connectivity index (χ3n) is 5.93. The maximum Gasteiger partial charge on any atom is 0.148 e. The molecule has 0 saturated carbocycles. The molecule has 2 aromatic carbocycles. The van der Waals surface area contributed by atoms with Gasteiger partial charge in [0.05, 0.1) is 66.2 Å². The lowest BCUT2D eigenvalue weighted by molar-refractivity contribution is 0.122. The molecule has 0 spiro atoms. The molecule has 0 aliphatic carbocycles. The van der Waals surface area contributed by atoms with Gasteiger partial charge in [0.2, 0.25) is 0 Å². The fourth-order valence-electron chi connectivity index (χ4n) is 4.10. The lowest BCUT2D eigenvalue weighted by Gasteiger charge is -2.30. The number of hydrogen-bond acceptors (Lipinski definition) is 10. The molecule has 184 valence electrons. The summed E-state index contributed by atoms with van der Waals surface area (Å²) in [5.74, 6) is 2.59. The number of methoxy groups -OCH3 is 4. The Kier molecular flexibility index (Phi) is 7.91. The van der Waals surface area contributed by atoms with E-state index in [0.717, 1.165) is 37.6 Å². The summed E-state index contributed by atoms with van der Waals surface area (Å²) in [4.78, 5) is 4.42. The minimum Gasteiger partial charge on any atom is -0.494 e. The molecule has 0 radical (unpaired) electrons. The highest BCUT2D eigenvalue weighted by molar-refractivity contribution is 5.72. The van der Waals surface area contributed by atoms with E-state index in [-0.39, 0.29) is 0 Å². The zero-order valence-corrected chi connectivity index (χ0v) is 20.2. The Morgan fingerprint density at radius 3 is 1.24 bits per heavy atom. The molecule has 2 heterocycles. The second kappa shape index (κ2) is 11.3. The summed E-state index contributed by atoms with van der Waals surface area (Å²) in [5.41, 5.74) is 2.98. The fourth-order valence-corrected chi connectivity index (χ4v) is 4.10. The Bertz CT molecular complexity index is 924. The molecule has 10 heteroatoms. The molecule has 0 bridgehead atoms. The van der Waals surface area contributed by atoms with Gasteiger partial charge in [-0.3, -0.25) is 0 Å². The second-order valence-corrected chi connectivity index (χ2v) is 7.79. The van der Waals surface area contributed by atoms with E-state index in [2.05, 4.69) is 20.0 Å². The van der Waals surface area contributed by atoms with Crippen LogP contribution in [0.25, 0.3) is 0 Å². The number of rotatable bonds is 8. The number of azo groups is 1. The first-order chi connectivity index (χ1) is 16.7. The van der Waals surface area contributed by atoms with Crippen LogP contribution in [0.5, 0.6) is 23.0 Å². The highest BCUT2D eigenvalue weighted by atomic mass is 16.5. The molecule has 0 aromatic heterocycles. The minimum atomic E-state index is 0.551. The molecule has 0 atom stereocenters. The normalized spacial score (nSPS) is 16.6. The van der Waals surface area contributed by atoms with Crippen LogP contribution in [0, 0.1) is 0 Å². The fraction of sp³-hybridized carbons (Fsp3) is 0.500. The van der Waals surface area contributed by atoms with Crippen molar-refractivity contribution in [2.24, 2.45) is 10.2 Å². The summed E-state index contributed by atoms with van der Waals surface area (Å²) >= 11 is 0. The van der Waals surface area contributed by atoms with Crippen LogP contribution in [0.15, 0.2) is 34.5 Å². The average molecular weight is 473 g/mol. The van der Waals surface area contributed by atoms with Gasteiger partial charge in [-0.25, -0.2) is 0 Å². The molecule has 2 saturated heterocycles. The third kappa shape index (κ3) is 5.13. The van der Waals surface area contributed by atoms with Gasteiger partial charge in [-0.2, -0.15) is 0 Å². The van der Waals surface area contributed by atoms with E-state index < -0.39 is 0 Å². The SMILES string of the molecule is COc1cc(N2CCOCC2)c(OC)cc1N=Nc1cc(OC)c(N2CCOCC2)cc1OC. The summed E-state index contributed by atoms with van der Waals surface area (Å²) < 4.78 is 33.5. The standard InChI is InChI=1S/C24H32N4O6/c1-29-21-15-19(27-5-9-33-10-6-27)23(31-3)13-17(21)25-26-18-14-24(32-4)20(16-22(18)30-2)28-7-11-34-12-8-28/h13-16H,5-12H2,1-4H3. The second-order valence-electron chi connectivity index (χ2n) is 7.79. The quantitative estimate of drug-likeness (QED) is 0.536. The molecule has 0 N–H and O–H groups in total. The topological polar surface area (TPSA) is 86.6 Å². The van der Waals surface area contributed by atoms with Crippen molar-refractivity contribution in [3.8, 4) is 23.0 Å². The number of benzene rings is 2. The van der Waals surface area contributed by atoms with Crippen LogP contribution in [0.1, 0.15) is 0 Å². The Labute approximate surface area is 200 Å². The molecule has 0 amide bonds. The maximum atomic E-state index is 5.65. The zero-order chi connectivity index (χ0) is 23.9. The highest BCUT2D eigenvalue weighted by Crippen LogP contribution is 2.43. The molecule has 34 heavy (non-hydrogen) atoms. The lowest BCUT2D eigenvalue weighted by Crippen LogP contribution is -2.36. The van der Waals surface area contributed by atoms with E-state index >= 15 is 0 Å². The molecule has 4 rings (SSSR count). The Morgan fingerprint density at radius 2 is 0.912 bits per heavy atom. The first kappa shape index (κ1) is 23.9. The van der Waals surface area contributed by atoms with Gasteiger partial charge in [-0.1, -0.05) is 0 Å². The van der Waals surface area contributed by atoms with Gasteiger partial charge in [0, 0.05) is 50.4 Å². The average Bonchev–Trinajstić information content (AvgIpc) is 2.91. The van der Waals surface area contributed by atoms with Crippen molar-refractivity contribution < 1.29 is 28.4 Å². The van der Waals surface area contributed by atoms with Gasteiger partial charge < -0.3 is 38.2 Å². The first-order valence-corrected chi connectivity index (χ1v) is 11.3. The minimum absolute atomic E-state index is 0.551. The van der Waals surface area contributed by atoms with Crippen molar-refractivity contribution in [3.05, 3.63) is 24.3 Å². The molecule has 2 fully saturated rings. The van der Waals surface area contributed by atoms with E-state index in [9.17, 15) is 0 Å². The number of anilines is 2. The summed E-state index contributed by atoms with van der Waals surface area (Å²) in [7, 11) is 6.52. The van der Waals surface area contributed by atoms with Crippen LogP contribution >= 0.6 is 0 Å². The van der Waals surface area contributed by atoms with Crippen LogP contribution in [0.3, 0.4) is 0 Å². The highest BCUT2D eigenvalue weighted by Gasteiger charge is 2.21. The maximum absolute atomic E-state index is 5.65. The molecular weight excluding hydrogens is 440 g/mol. The van der Waals surface area contributed by atoms with Crippen molar-refractivity contribution in [2.75, 3.05) is 90.8 Å². The van der Waals surface area contributed by atoms with Gasteiger partial charge in [0.15, 0.2) is 0 Å². The van der Waals surface area contributed by atoms with Crippen LogP contribution in [0.2, 0.25) is 0 Å². The first-order valence-electron chi connectivity index (χ1n) is 11.3. The molecular formula is C24H32N4O6. The molecule has 0 unspecified atom stereocenters. The predicted octanol–water partition coefficient (Wildman–Crippen LogP) is 3.81. The van der Waals surface area contributed by atoms with Crippen molar-refractivity contribution in [2.45, 2.75) is 0 Å². The Morgan fingerprint density at radius 1 is 0.559 bits per heavy atom. The monoisotopic (exact) mass is 472 g/mol. The van der Waals surface area contributed by atoms with Gasteiger partial charge in [0.25, 0.3) is 0 Å². The van der Waals surface area contributed by atoms with E-state index in [1.165, 1.54) is 0 Å².